The van der Waals surface area contributed by atoms with Crippen LogP contribution in [0, 0.1) is 46.8 Å². The van der Waals surface area contributed by atoms with Gasteiger partial charge in [-0.25, -0.2) is 8.78 Å². The highest BCUT2D eigenvalue weighted by Crippen LogP contribution is 2.50. The summed E-state index contributed by atoms with van der Waals surface area (Å²) in [5.74, 6) is -13.6. The Morgan fingerprint density at radius 1 is 0.694 bits per heavy atom. The zero-order valence-electron chi connectivity index (χ0n) is 66.2. The molecule has 6 fully saturated rings. The molecular formula is C77H122ClF5N12O13. The largest absolute Gasteiger partial charge is 0.391 e. The third-order valence-corrected chi connectivity index (χ3v) is 25.0. The molecule has 7 aliphatic rings. The van der Waals surface area contributed by atoms with Gasteiger partial charge < -0.3 is 64.8 Å². The molecule has 0 aromatic carbocycles. The molecule has 3 aliphatic heterocycles. The predicted molar refractivity (Wildman–Crippen MR) is 395 cm³/mol. The van der Waals surface area contributed by atoms with Crippen molar-refractivity contribution in [1.29, 1.82) is 0 Å². The number of nitrogens with zero attached hydrogens (tertiary/aromatic N) is 9. The fourth-order valence-electron chi connectivity index (χ4n) is 18.2. The Hall–Kier alpha value is -6.72. The third kappa shape index (κ3) is 21.3. The Morgan fingerprint density at radius 3 is 1.91 bits per heavy atom. The van der Waals surface area contributed by atoms with Crippen molar-refractivity contribution < 1.29 is 84.2 Å². The summed E-state index contributed by atoms with van der Waals surface area (Å²) in [4.78, 5) is 193. The van der Waals surface area contributed by atoms with E-state index in [0.717, 1.165) is 14.7 Å². The number of fused-ring (bicyclic) bond motifs is 3. The van der Waals surface area contributed by atoms with Gasteiger partial charge in [0, 0.05) is 93.8 Å². The molecule has 14 atom stereocenters. The summed E-state index contributed by atoms with van der Waals surface area (Å²) in [6.45, 7) is 11.1. The zero-order valence-corrected chi connectivity index (χ0v) is 67.0. The molecule has 0 aromatic rings. The molecule has 2 saturated heterocycles. The maximum Gasteiger partial charge on any atom is 0.391 e. The van der Waals surface area contributed by atoms with Crippen LogP contribution in [0.1, 0.15) is 190 Å². The Kier molecular flexibility index (Phi) is 31.1. The molecule has 1 spiro atoms. The van der Waals surface area contributed by atoms with Crippen molar-refractivity contribution in [2.45, 2.75) is 268 Å². The van der Waals surface area contributed by atoms with Crippen LogP contribution in [0.5, 0.6) is 0 Å². The minimum Gasteiger partial charge on any atom is -0.377 e. The lowest BCUT2D eigenvalue weighted by Gasteiger charge is -2.54. The lowest BCUT2D eigenvalue weighted by Crippen LogP contribution is -2.71. The van der Waals surface area contributed by atoms with Crippen molar-refractivity contribution in [3.8, 4) is 0 Å². The summed E-state index contributed by atoms with van der Waals surface area (Å²) in [6.07, 6.45) is -1.44. The van der Waals surface area contributed by atoms with Gasteiger partial charge in [-0.15, -0.1) is 11.6 Å². The predicted octanol–water partition coefficient (Wildman–Crippen LogP) is 7.01. The average molecular weight is 1550 g/mol. The van der Waals surface area contributed by atoms with Gasteiger partial charge in [0.2, 0.25) is 77.3 Å². The summed E-state index contributed by atoms with van der Waals surface area (Å²) in [6, 6.07) is -10.7. The van der Waals surface area contributed by atoms with E-state index in [9.17, 15) is 50.7 Å². The van der Waals surface area contributed by atoms with E-state index in [-0.39, 0.29) is 116 Å². The highest BCUT2D eigenvalue weighted by atomic mass is 35.5. The second kappa shape index (κ2) is 38.0. The van der Waals surface area contributed by atoms with Crippen molar-refractivity contribution in [1.82, 2.24) is 60.0 Å². The maximum absolute atomic E-state index is 15.8. The number of amides is 12. The average Bonchev–Trinajstić information content (AvgIpc) is 0.913. The van der Waals surface area contributed by atoms with Crippen LogP contribution < -0.4 is 16.0 Å². The Morgan fingerprint density at radius 2 is 1.33 bits per heavy atom. The van der Waals surface area contributed by atoms with Crippen LogP contribution in [0.25, 0.3) is 0 Å². The number of hydrogen-bond acceptors (Lipinski definition) is 13. The minimum atomic E-state index is -4.47. The highest BCUT2D eigenvalue weighted by molar-refractivity contribution is 6.21. The molecule has 610 valence electrons. The normalized spacial score (nSPS) is 32.3. The van der Waals surface area contributed by atoms with Crippen molar-refractivity contribution in [3.63, 3.8) is 0 Å². The molecular weight excluding hydrogens is 1430 g/mol. The number of ether oxygens (including phenoxy) is 1. The summed E-state index contributed by atoms with van der Waals surface area (Å²) < 4.78 is 77.4. The van der Waals surface area contributed by atoms with E-state index in [1.807, 2.05) is 13.8 Å². The molecule has 3 heterocycles. The second-order valence-electron chi connectivity index (χ2n) is 33.3. The van der Waals surface area contributed by atoms with E-state index in [0.29, 0.717) is 44.9 Å². The number of alkyl halides is 6. The van der Waals surface area contributed by atoms with Gasteiger partial charge in [-0.2, -0.15) is 13.2 Å². The molecule has 2 bridgehead atoms. The number of carbonyl (C=O) groups excluding carboxylic acids is 12. The van der Waals surface area contributed by atoms with Crippen LogP contribution in [0.3, 0.4) is 0 Å². The molecule has 4 unspecified atom stereocenters. The van der Waals surface area contributed by atoms with Crippen LogP contribution in [0.4, 0.5) is 22.0 Å². The SMILES string of the molecule is CCC[C@H]1C(=O)N[C@@H]([C@@H](C)CC)C(=O)N(C)CC(=O)N(C)[C@H]2C/C=C\CCN(C2=O)[C@@H](CC2CCC(C(F)(F)F)CC2)C(=O)N(C)CC(=O)N[C@@H](CCC2CC(C)C(C(F)F)C(Cl)C2)C(=O)N2C[C@H](OCC)C[C@H]2C(=O)NC2(CC(C)(C)C2)C(=O)N(C)[C@@H](C2CCCC2)C(=O)N(C)[C@H](C(=O)N(C)C)CC(=O)N1C. The number of halogens is 6. The fraction of sp³-hybridized carbons (Fsp3) is 0.818. The van der Waals surface area contributed by atoms with E-state index in [1.54, 1.807) is 46.8 Å². The van der Waals surface area contributed by atoms with Gasteiger partial charge in [0.05, 0.1) is 31.5 Å². The Labute approximate surface area is 639 Å². The molecule has 25 nitrogen and oxygen atoms in total. The lowest BCUT2D eigenvalue weighted by molar-refractivity contribution is -0.184. The molecule has 3 N–H and O–H groups in total. The summed E-state index contributed by atoms with van der Waals surface area (Å²) in [5.41, 5.74) is -2.21. The fourth-order valence-corrected chi connectivity index (χ4v) is 18.8. The molecule has 4 saturated carbocycles. The quantitative estimate of drug-likeness (QED) is 0.0898. The maximum atomic E-state index is 15.8. The lowest BCUT2D eigenvalue weighted by atomic mass is 9.58. The van der Waals surface area contributed by atoms with Crippen LogP contribution in [-0.2, 0) is 62.3 Å². The van der Waals surface area contributed by atoms with Crippen LogP contribution in [-0.4, -0.2) is 282 Å². The molecule has 4 aliphatic carbocycles. The minimum absolute atomic E-state index is 0.0522. The molecule has 31 heteroatoms. The van der Waals surface area contributed by atoms with E-state index in [4.69, 9.17) is 16.3 Å². The van der Waals surface area contributed by atoms with Crippen LogP contribution >= 0.6 is 11.6 Å². The van der Waals surface area contributed by atoms with Gasteiger partial charge in [-0.05, 0) is 145 Å². The third-order valence-electron chi connectivity index (χ3n) is 24.5. The number of nitrogens with one attached hydrogen (secondary N) is 3. The van der Waals surface area contributed by atoms with Crippen molar-refractivity contribution in [2.24, 2.45) is 46.8 Å². The molecule has 108 heavy (non-hydrogen) atoms. The Balaban J connectivity index is 1.33. The first-order valence-electron chi connectivity index (χ1n) is 39.2. The highest BCUT2D eigenvalue weighted by Gasteiger charge is 2.60. The number of rotatable bonds is 14. The van der Waals surface area contributed by atoms with Crippen molar-refractivity contribution in [3.05, 3.63) is 12.2 Å². The van der Waals surface area contributed by atoms with E-state index < -0.39 is 209 Å². The summed E-state index contributed by atoms with van der Waals surface area (Å²) >= 11 is 6.68. The van der Waals surface area contributed by atoms with Gasteiger partial charge >= 0.3 is 6.18 Å². The van der Waals surface area contributed by atoms with E-state index in [2.05, 4.69) is 16.0 Å². The number of carbonyl (C=O) groups is 12. The standard InChI is InChI=1S/C77H122ClF5N12O13/c1-16-24-54-66(99)85-63(45(4)17-2)72(105)89(11)42-61(98)91(13)55-27-20-19-23-34-94(71(55)104)58(37-47-28-31-50(32-29-47)77(81,82)83)70(103)88(10)41-59(96)84-53(33-30-48-35-46(5)62(65(79)80)52(78)36-48)68(101)95-40-51(108-18-3)38-56(95)67(100)86-76(43-75(6,7)44-76)74(107)93(15)64(49-25-21-22-26-49)73(106)92(14)57(69(102)87(8)9)39-60(97)90(54)12/h19-20,45-58,62-65H,16-18,21-44H2,1-15H3,(H,84,96)(H,85,99)(H,86,100)/b20-19-/t45-,46?,47?,48?,50?,51+,52?,53-,54-,55-,56-,57-,58-,62?,63-,64-/m0/s1. The van der Waals surface area contributed by atoms with Gasteiger partial charge in [-0.1, -0.05) is 79.4 Å². The van der Waals surface area contributed by atoms with Crippen LogP contribution in [0.15, 0.2) is 12.2 Å². The summed E-state index contributed by atoms with van der Waals surface area (Å²) in [7, 11) is 11.2. The van der Waals surface area contributed by atoms with Gasteiger partial charge in [0.25, 0.3) is 0 Å². The number of likely N-dealkylation sites (N-methyl/N-ethyl adjacent to an activating group) is 7. The monoisotopic (exact) mass is 1550 g/mol. The second-order valence-corrected chi connectivity index (χ2v) is 33.8. The zero-order chi connectivity index (χ0) is 80.4. The first-order valence-corrected chi connectivity index (χ1v) is 39.6. The van der Waals surface area contributed by atoms with Crippen molar-refractivity contribution in [2.75, 3.05) is 89.2 Å². The Bertz CT molecular complexity index is 3220. The first kappa shape index (κ1) is 88.5. The molecule has 0 aromatic heterocycles. The smallest absolute Gasteiger partial charge is 0.377 e. The van der Waals surface area contributed by atoms with Crippen molar-refractivity contribution >= 4 is 82.5 Å². The molecule has 12 amide bonds. The topological polar surface area (TPSA) is 279 Å². The van der Waals surface area contributed by atoms with Gasteiger partial charge in [0.1, 0.15) is 53.9 Å². The van der Waals surface area contributed by atoms with E-state index in [1.165, 1.54) is 85.8 Å². The first-order chi connectivity index (χ1) is 50.6. The van der Waals surface area contributed by atoms with Crippen LogP contribution in [0.2, 0.25) is 0 Å². The van der Waals surface area contributed by atoms with E-state index >= 15 is 28.8 Å². The molecule has 0 radical (unpaired) electrons. The molecule has 7 rings (SSSR count). The summed E-state index contributed by atoms with van der Waals surface area (Å²) in [5, 5.41) is 7.87. The van der Waals surface area contributed by atoms with Gasteiger partial charge in [-0.3, -0.25) is 57.5 Å². The van der Waals surface area contributed by atoms with Gasteiger partial charge in [0.15, 0.2) is 0 Å². The number of hydrogen-bond donors (Lipinski definition) is 3.